The van der Waals surface area contributed by atoms with Crippen LogP contribution in [0.3, 0.4) is 0 Å². The number of hydrogen-bond acceptors (Lipinski definition) is 17. The predicted molar refractivity (Wildman–Crippen MR) is 217 cm³/mol. The van der Waals surface area contributed by atoms with Crippen LogP contribution >= 0.6 is 0 Å². The average molecular weight is 870 g/mol. The van der Waals surface area contributed by atoms with E-state index in [2.05, 4.69) is 31.7 Å². The number of amides is 2. The Bertz CT molecular complexity index is 3180. The summed E-state index contributed by atoms with van der Waals surface area (Å²) in [6, 6.07) is 21.1. The van der Waals surface area contributed by atoms with Crippen LogP contribution in [0.1, 0.15) is 31.8 Å². The molecule has 0 spiro atoms. The molecule has 0 heterocycles. The summed E-state index contributed by atoms with van der Waals surface area (Å²) >= 11 is 0. The van der Waals surface area contributed by atoms with Crippen molar-refractivity contribution in [1.29, 1.82) is 0 Å². The molecule has 2 aliphatic rings. The lowest BCUT2D eigenvalue weighted by molar-refractivity contribution is 0.105. The number of anilines is 4. The second kappa shape index (κ2) is 15.6. The van der Waals surface area contributed by atoms with Crippen molar-refractivity contribution >= 4 is 105 Å². The number of nitrogens with zero attached hydrogens (tertiary/aromatic N) is 2. The average Bonchev–Trinajstić information content (AvgIpc) is 3.18. The zero-order valence-electron chi connectivity index (χ0n) is 30.3. The number of carbonyl (C=O) groups excluding carboxylic acids is 3. The predicted octanol–water partition coefficient (Wildman–Crippen LogP) is 4.50. The van der Waals surface area contributed by atoms with Crippen LogP contribution in [0.5, 0.6) is 5.75 Å². The third-order valence-corrected chi connectivity index (χ3v) is 11.5. The first-order valence-corrected chi connectivity index (χ1v) is 21.2. The number of urea groups is 1. The number of fused-ring (bicyclic) bond motifs is 3. The smallest absolute Gasteiger partial charge is 0.323 e. The van der Waals surface area contributed by atoms with Gasteiger partial charge in [0.15, 0.2) is 0 Å². The number of carbonyl (C=O) groups is 3. The van der Waals surface area contributed by atoms with Crippen LogP contribution in [0.4, 0.5) is 27.5 Å². The standard InChI is InChI=1S/C38H28N6O13S3/c1-57-30-9-5-4-8-29(30)42-44-35-33(60(54,55)56)19-21-17-23(11-13-25(21)37(35)46)40-38(47)39-22-10-12-24-20(16-22)18-32(59(51,52)53)34(36(24)45)43-41-28-14-15-31(58(48,49)50)27-7-3-2-6-26(27)28/h2-19,41-42H,1H3,(H2,39,40,47)(H,48,49,50)(H,51,52,53)(H,54,55,56)/p-3. The molecule has 2 aliphatic carbocycles. The Balaban J connectivity index is 1.12. The molecule has 0 radical (unpaired) electrons. The molecular weight excluding hydrogens is 845 g/mol. The normalized spacial score (nSPS) is 15.5. The number of hydrogen-bond donors (Lipinski definition) is 4. The molecule has 0 aromatic heterocycles. The summed E-state index contributed by atoms with van der Waals surface area (Å²) < 4.78 is 114. The summed E-state index contributed by atoms with van der Waals surface area (Å²) in [5, 5.41) is 13.0. The van der Waals surface area contributed by atoms with Crippen molar-refractivity contribution in [3.63, 3.8) is 0 Å². The maximum absolute atomic E-state index is 13.6. The van der Waals surface area contributed by atoms with Crippen molar-refractivity contribution in [2.45, 2.75) is 4.90 Å². The topological polar surface area (TPSA) is 305 Å². The van der Waals surface area contributed by atoms with E-state index in [1.807, 2.05) is 0 Å². The van der Waals surface area contributed by atoms with Gasteiger partial charge in [-0.2, -0.15) is 10.2 Å². The van der Waals surface area contributed by atoms with E-state index in [0.29, 0.717) is 5.75 Å². The number of methoxy groups -OCH3 is 1. The molecule has 19 nitrogen and oxygen atoms in total. The van der Waals surface area contributed by atoms with Gasteiger partial charge in [-0.25, -0.2) is 30.0 Å². The number of ketones is 2. The fourth-order valence-electron chi connectivity index (χ4n) is 6.27. The Hall–Kier alpha value is -7.08. The Morgan fingerprint density at radius 3 is 1.57 bits per heavy atom. The SMILES string of the molecule is COc1ccccc1NN=C1C(=O)c2ccc(NC(=O)Nc3ccc4c(c3)C=C(S(=O)(=O)[O-])C(=NNc3ccc(S(=O)(=O)[O-])c5ccccc35)C4=O)cc2C=C1S(=O)(=O)[O-]. The van der Waals surface area contributed by atoms with E-state index in [9.17, 15) is 53.3 Å². The fraction of sp³-hybridized carbons (Fsp3) is 0.0263. The Morgan fingerprint density at radius 1 is 0.583 bits per heavy atom. The van der Waals surface area contributed by atoms with Crippen molar-refractivity contribution < 1.29 is 58.0 Å². The molecule has 22 heteroatoms. The third-order valence-electron chi connectivity index (χ3n) is 8.95. The number of para-hydroxylation sites is 2. The molecule has 0 saturated heterocycles. The van der Waals surface area contributed by atoms with Gasteiger partial charge in [-0.3, -0.25) is 20.4 Å². The van der Waals surface area contributed by atoms with Crippen molar-refractivity contribution in [3.05, 3.63) is 129 Å². The number of rotatable bonds is 10. The van der Waals surface area contributed by atoms with Crippen LogP contribution in [0.15, 0.2) is 122 Å². The highest BCUT2D eigenvalue weighted by atomic mass is 32.2. The van der Waals surface area contributed by atoms with Gasteiger partial charge in [0.1, 0.15) is 47.5 Å². The van der Waals surface area contributed by atoms with E-state index in [0.717, 1.165) is 18.2 Å². The van der Waals surface area contributed by atoms with Crippen LogP contribution in [-0.4, -0.2) is 75.0 Å². The quantitative estimate of drug-likeness (QED) is 0.111. The van der Waals surface area contributed by atoms with Crippen LogP contribution < -0.4 is 26.2 Å². The third kappa shape index (κ3) is 8.26. The maximum atomic E-state index is 13.6. The van der Waals surface area contributed by atoms with Gasteiger partial charge in [0.05, 0.1) is 33.2 Å². The number of allylic oxidation sites excluding steroid dienone is 2. The molecule has 306 valence electrons. The second-order valence-electron chi connectivity index (χ2n) is 12.7. The van der Waals surface area contributed by atoms with Crippen LogP contribution in [0.25, 0.3) is 22.9 Å². The Labute approximate surface area is 340 Å². The highest BCUT2D eigenvalue weighted by Crippen LogP contribution is 2.33. The van der Waals surface area contributed by atoms with Crippen LogP contribution in [0, 0.1) is 0 Å². The van der Waals surface area contributed by atoms with E-state index in [1.54, 1.807) is 24.3 Å². The molecule has 0 fully saturated rings. The van der Waals surface area contributed by atoms with Gasteiger partial charge >= 0.3 is 6.03 Å². The molecule has 4 N–H and O–H groups in total. The lowest BCUT2D eigenvalue weighted by atomic mass is 9.94. The lowest BCUT2D eigenvalue weighted by Gasteiger charge is -2.21. The number of benzene rings is 5. The van der Waals surface area contributed by atoms with Crippen molar-refractivity contribution in [2.75, 3.05) is 28.6 Å². The molecule has 0 saturated carbocycles. The van der Waals surface area contributed by atoms with Gasteiger partial charge in [0.25, 0.3) is 0 Å². The summed E-state index contributed by atoms with van der Waals surface area (Å²) in [5.74, 6) is -1.57. The largest absolute Gasteiger partial charge is 0.744 e. The molecule has 0 aliphatic heterocycles. The first-order valence-electron chi connectivity index (χ1n) is 16.9. The van der Waals surface area contributed by atoms with E-state index >= 15 is 0 Å². The number of ether oxygens (including phenoxy) is 1. The monoisotopic (exact) mass is 869 g/mol. The number of hydrazone groups is 2. The lowest BCUT2D eigenvalue weighted by Crippen LogP contribution is -2.28. The van der Waals surface area contributed by atoms with Crippen LogP contribution in [-0.2, 0) is 30.4 Å². The first kappa shape index (κ1) is 41.1. The molecule has 0 atom stereocenters. The van der Waals surface area contributed by atoms with Gasteiger partial charge < -0.3 is 29.0 Å². The summed E-state index contributed by atoms with van der Waals surface area (Å²) in [5.41, 5.74) is 3.73. The Kier molecular flexibility index (Phi) is 10.7. The zero-order chi connectivity index (χ0) is 43.1. The van der Waals surface area contributed by atoms with Crippen LogP contribution in [0.2, 0.25) is 0 Å². The number of nitrogens with one attached hydrogen (secondary N) is 4. The highest BCUT2D eigenvalue weighted by Gasteiger charge is 2.31. The second-order valence-corrected chi connectivity index (χ2v) is 16.8. The van der Waals surface area contributed by atoms with Gasteiger partial charge in [-0.05, 0) is 83.9 Å². The summed E-state index contributed by atoms with van der Waals surface area (Å²) in [7, 11) is -14.1. The highest BCUT2D eigenvalue weighted by molar-refractivity contribution is 7.91. The summed E-state index contributed by atoms with van der Waals surface area (Å²) in [6.07, 6.45) is 1.82. The Morgan fingerprint density at radius 2 is 1.07 bits per heavy atom. The van der Waals surface area contributed by atoms with E-state index in [1.165, 1.54) is 73.8 Å². The molecule has 0 bridgehead atoms. The van der Waals surface area contributed by atoms with Crippen molar-refractivity contribution in [1.82, 2.24) is 0 Å². The molecule has 7 rings (SSSR count). The van der Waals surface area contributed by atoms with Crippen molar-refractivity contribution in [2.24, 2.45) is 10.2 Å². The fourth-order valence-corrected chi connectivity index (χ4v) is 8.25. The summed E-state index contributed by atoms with van der Waals surface area (Å²) in [6.45, 7) is 0. The van der Waals surface area contributed by atoms with Crippen molar-refractivity contribution in [3.8, 4) is 5.75 Å². The number of Topliss-reactive ketones (excluding diaryl/α,β-unsaturated/α-hetero) is 2. The van der Waals surface area contributed by atoms with Gasteiger partial charge in [-0.1, -0.05) is 36.4 Å². The molecule has 5 aromatic rings. The molecule has 0 unspecified atom stereocenters. The van der Waals surface area contributed by atoms with E-state index < -0.39 is 74.1 Å². The zero-order valence-corrected chi connectivity index (χ0v) is 32.8. The van der Waals surface area contributed by atoms with Gasteiger partial charge in [0, 0.05) is 33.3 Å². The van der Waals surface area contributed by atoms with E-state index in [-0.39, 0.29) is 55.8 Å². The minimum atomic E-state index is -5.35. The van der Waals surface area contributed by atoms with E-state index in [4.69, 9.17) is 4.74 Å². The minimum absolute atomic E-state index is 0.0208. The molecule has 5 aromatic carbocycles. The van der Waals surface area contributed by atoms with Gasteiger partial charge in [0.2, 0.25) is 11.6 Å². The summed E-state index contributed by atoms with van der Waals surface area (Å²) in [4.78, 5) is 37.5. The van der Waals surface area contributed by atoms with Gasteiger partial charge in [-0.15, -0.1) is 0 Å². The minimum Gasteiger partial charge on any atom is -0.744 e. The molecule has 2 amide bonds. The maximum Gasteiger partial charge on any atom is 0.323 e. The first-order chi connectivity index (χ1) is 28.3. The molecular formula is C38H25N6O13S3-3. The molecule has 60 heavy (non-hydrogen) atoms.